The summed E-state index contributed by atoms with van der Waals surface area (Å²) in [6.45, 7) is 3.22. The summed E-state index contributed by atoms with van der Waals surface area (Å²) in [5.74, 6) is 0.897. The maximum Gasteiger partial charge on any atom is 0.0659 e. The molecule has 1 aliphatic carbocycles. The Labute approximate surface area is 127 Å². The topological polar surface area (TPSA) is 29.9 Å². The number of rotatable bonds is 4. The molecule has 0 amide bonds. The van der Waals surface area contributed by atoms with E-state index in [9.17, 15) is 0 Å². The Kier molecular flexibility index (Phi) is 4.59. The molecule has 0 spiro atoms. The SMILES string of the molecule is CC1CCCC(Nc2ccc(Cn3cccn3)cc2)CC1. The van der Waals surface area contributed by atoms with Crippen molar-refractivity contribution in [3.63, 3.8) is 0 Å². The van der Waals surface area contributed by atoms with Gasteiger partial charge in [-0.15, -0.1) is 0 Å². The summed E-state index contributed by atoms with van der Waals surface area (Å²) in [6, 6.07) is 11.4. The molecule has 0 bridgehead atoms. The minimum atomic E-state index is 0.645. The third-order valence-corrected chi connectivity index (χ3v) is 4.49. The lowest BCUT2D eigenvalue weighted by Gasteiger charge is -2.18. The Bertz CT molecular complexity index is 530. The second kappa shape index (κ2) is 6.79. The van der Waals surface area contributed by atoms with Gasteiger partial charge in [0.05, 0.1) is 6.54 Å². The van der Waals surface area contributed by atoms with Crippen molar-refractivity contribution >= 4 is 5.69 Å². The molecule has 112 valence electrons. The number of benzene rings is 1. The molecule has 3 rings (SSSR count). The van der Waals surface area contributed by atoms with Crippen LogP contribution in [0.1, 0.15) is 44.6 Å². The molecule has 1 heterocycles. The molecule has 21 heavy (non-hydrogen) atoms. The highest BCUT2D eigenvalue weighted by Gasteiger charge is 2.15. The molecule has 0 radical (unpaired) electrons. The number of nitrogens with one attached hydrogen (secondary N) is 1. The first-order valence-electron chi connectivity index (χ1n) is 8.12. The van der Waals surface area contributed by atoms with Gasteiger partial charge in [-0.25, -0.2) is 0 Å². The molecule has 1 N–H and O–H groups in total. The Morgan fingerprint density at radius 2 is 2.00 bits per heavy atom. The molecule has 2 atom stereocenters. The van der Waals surface area contributed by atoms with Crippen LogP contribution >= 0.6 is 0 Å². The average molecular weight is 283 g/mol. The molecule has 0 saturated heterocycles. The average Bonchev–Trinajstić information content (AvgIpc) is 2.91. The van der Waals surface area contributed by atoms with Crippen molar-refractivity contribution in [3.8, 4) is 0 Å². The van der Waals surface area contributed by atoms with Crippen LogP contribution in [0, 0.1) is 5.92 Å². The Balaban J connectivity index is 1.56. The maximum atomic E-state index is 4.25. The van der Waals surface area contributed by atoms with E-state index in [1.165, 1.54) is 43.4 Å². The third kappa shape index (κ3) is 4.10. The van der Waals surface area contributed by atoms with Crippen LogP contribution in [-0.4, -0.2) is 15.8 Å². The minimum Gasteiger partial charge on any atom is -0.382 e. The zero-order valence-electron chi connectivity index (χ0n) is 12.8. The van der Waals surface area contributed by atoms with Crippen molar-refractivity contribution in [1.29, 1.82) is 0 Å². The molecule has 1 saturated carbocycles. The number of nitrogens with zero attached hydrogens (tertiary/aromatic N) is 2. The van der Waals surface area contributed by atoms with E-state index in [1.807, 2.05) is 23.1 Å². The van der Waals surface area contributed by atoms with Crippen LogP contribution in [0.3, 0.4) is 0 Å². The number of anilines is 1. The van der Waals surface area contributed by atoms with E-state index < -0.39 is 0 Å². The van der Waals surface area contributed by atoms with Crippen LogP contribution in [0.2, 0.25) is 0 Å². The first kappa shape index (κ1) is 14.2. The van der Waals surface area contributed by atoms with E-state index in [0.29, 0.717) is 6.04 Å². The summed E-state index contributed by atoms with van der Waals surface area (Å²) in [5, 5.41) is 7.95. The number of hydrogen-bond donors (Lipinski definition) is 1. The van der Waals surface area contributed by atoms with E-state index in [0.717, 1.165) is 12.5 Å². The van der Waals surface area contributed by atoms with Crippen LogP contribution in [0.25, 0.3) is 0 Å². The second-order valence-corrected chi connectivity index (χ2v) is 6.36. The highest BCUT2D eigenvalue weighted by molar-refractivity contribution is 5.45. The highest BCUT2D eigenvalue weighted by atomic mass is 15.3. The lowest BCUT2D eigenvalue weighted by atomic mass is 10.0. The molecular formula is C18H25N3. The summed E-state index contributed by atoms with van der Waals surface area (Å²) < 4.78 is 1.95. The molecule has 0 aliphatic heterocycles. The van der Waals surface area contributed by atoms with Gasteiger partial charge < -0.3 is 5.32 Å². The van der Waals surface area contributed by atoms with Gasteiger partial charge in [-0.1, -0.05) is 31.9 Å². The van der Waals surface area contributed by atoms with Gasteiger partial charge >= 0.3 is 0 Å². The van der Waals surface area contributed by atoms with Gasteiger partial charge in [0.2, 0.25) is 0 Å². The molecule has 2 unspecified atom stereocenters. The molecular weight excluding hydrogens is 258 g/mol. The zero-order chi connectivity index (χ0) is 14.5. The monoisotopic (exact) mass is 283 g/mol. The Morgan fingerprint density at radius 3 is 2.76 bits per heavy atom. The lowest BCUT2D eigenvalue weighted by molar-refractivity contribution is 0.502. The van der Waals surface area contributed by atoms with Crippen molar-refractivity contribution < 1.29 is 0 Å². The van der Waals surface area contributed by atoms with E-state index in [2.05, 4.69) is 41.6 Å². The van der Waals surface area contributed by atoms with Gasteiger partial charge in [-0.3, -0.25) is 4.68 Å². The summed E-state index contributed by atoms with van der Waals surface area (Å²) in [4.78, 5) is 0. The summed E-state index contributed by atoms with van der Waals surface area (Å²) in [6.07, 6.45) is 10.5. The standard InChI is InChI=1S/C18H25N3/c1-15-4-2-5-17(9-6-15)20-18-10-7-16(8-11-18)14-21-13-3-12-19-21/h3,7-8,10-13,15,17,20H,2,4-6,9,14H2,1H3. The normalized spacial score (nSPS) is 22.7. The maximum absolute atomic E-state index is 4.25. The zero-order valence-corrected chi connectivity index (χ0v) is 12.8. The Morgan fingerprint density at radius 1 is 1.14 bits per heavy atom. The third-order valence-electron chi connectivity index (χ3n) is 4.49. The van der Waals surface area contributed by atoms with Crippen LogP contribution in [-0.2, 0) is 6.54 Å². The van der Waals surface area contributed by atoms with Gasteiger partial charge in [-0.2, -0.15) is 5.10 Å². The van der Waals surface area contributed by atoms with Crippen LogP contribution in [0.4, 0.5) is 5.69 Å². The van der Waals surface area contributed by atoms with Crippen LogP contribution in [0.15, 0.2) is 42.7 Å². The van der Waals surface area contributed by atoms with Gasteiger partial charge in [-0.05, 0) is 48.9 Å². The number of aromatic nitrogens is 2. The van der Waals surface area contributed by atoms with Crippen molar-refractivity contribution in [2.75, 3.05) is 5.32 Å². The molecule has 3 nitrogen and oxygen atoms in total. The molecule has 3 heteroatoms. The van der Waals surface area contributed by atoms with Crippen molar-refractivity contribution in [1.82, 2.24) is 9.78 Å². The highest BCUT2D eigenvalue weighted by Crippen LogP contribution is 2.25. The quantitative estimate of drug-likeness (QED) is 0.847. The van der Waals surface area contributed by atoms with Crippen LogP contribution in [0.5, 0.6) is 0 Å². The summed E-state index contributed by atoms with van der Waals surface area (Å²) in [5.41, 5.74) is 2.54. The molecule has 1 aliphatic rings. The summed E-state index contributed by atoms with van der Waals surface area (Å²) in [7, 11) is 0. The fourth-order valence-electron chi connectivity index (χ4n) is 3.15. The second-order valence-electron chi connectivity index (χ2n) is 6.36. The fourth-order valence-corrected chi connectivity index (χ4v) is 3.15. The smallest absolute Gasteiger partial charge is 0.0659 e. The van der Waals surface area contributed by atoms with E-state index in [1.54, 1.807) is 0 Å². The van der Waals surface area contributed by atoms with Gasteiger partial charge in [0.25, 0.3) is 0 Å². The molecule has 2 aromatic rings. The molecule has 1 fully saturated rings. The van der Waals surface area contributed by atoms with Crippen LogP contribution < -0.4 is 5.32 Å². The first-order chi connectivity index (χ1) is 10.3. The fraction of sp³-hybridized carbons (Fsp3) is 0.500. The van der Waals surface area contributed by atoms with E-state index in [4.69, 9.17) is 0 Å². The lowest BCUT2D eigenvalue weighted by Crippen LogP contribution is -2.18. The molecule has 1 aromatic heterocycles. The van der Waals surface area contributed by atoms with E-state index >= 15 is 0 Å². The van der Waals surface area contributed by atoms with Crippen molar-refractivity contribution in [2.24, 2.45) is 5.92 Å². The van der Waals surface area contributed by atoms with Gasteiger partial charge in [0.1, 0.15) is 0 Å². The van der Waals surface area contributed by atoms with Gasteiger partial charge in [0.15, 0.2) is 0 Å². The largest absolute Gasteiger partial charge is 0.382 e. The van der Waals surface area contributed by atoms with Crippen molar-refractivity contribution in [3.05, 3.63) is 48.3 Å². The van der Waals surface area contributed by atoms with Crippen molar-refractivity contribution in [2.45, 2.75) is 51.6 Å². The van der Waals surface area contributed by atoms with E-state index in [-0.39, 0.29) is 0 Å². The first-order valence-corrected chi connectivity index (χ1v) is 8.12. The van der Waals surface area contributed by atoms with Gasteiger partial charge in [0, 0.05) is 24.1 Å². The predicted octanol–water partition coefficient (Wildman–Crippen LogP) is 4.31. The summed E-state index contributed by atoms with van der Waals surface area (Å²) >= 11 is 0. The predicted molar refractivity (Wildman–Crippen MR) is 87.4 cm³/mol. The number of hydrogen-bond acceptors (Lipinski definition) is 2. The molecule has 1 aromatic carbocycles. The Hall–Kier alpha value is -1.77. The minimum absolute atomic E-state index is 0.645.